The number of aromatic nitrogens is 2. The summed E-state index contributed by atoms with van der Waals surface area (Å²) in [5.74, 6) is -0.846. The number of nitrogens with zero attached hydrogens (tertiary/aromatic N) is 3. The number of amides is 1. The van der Waals surface area contributed by atoms with Gasteiger partial charge in [0.2, 0.25) is 0 Å². The van der Waals surface area contributed by atoms with E-state index in [2.05, 4.69) is 14.7 Å². The van der Waals surface area contributed by atoms with Crippen LogP contribution in [0.3, 0.4) is 0 Å². The second-order valence-electron chi connectivity index (χ2n) is 6.77. The topological polar surface area (TPSA) is 84.8 Å². The van der Waals surface area contributed by atoms with Crippen LogP contribution >= 0.6 is 0 Å². The fraction of sp³-hybridized carbons (Fsp3) is 0.421. The maximum atomic E-state index is 14.3. The van der Waals surface area contributed by atoms with Gasteiger partial charge in [-0.2, -0.15) is 8.78 Å². The van der Waals surface area contributed by atoms with Gasteiger partial charge in [0, 0.05) is 6.42 Å². The van der Waals surface area contributed by atoms with Crippen molar-refractivity contribution in [1.82, 2.24) is 9.97 Å². The summed E-state index contributed by atoms with van der Waals surface area (Å²) in [6.07, 6.45) is -0.451. The van der Waals surface area contributed by atoms with Crippen LogP contribution < -0.4 is 9.64 Å². The van der Waals surface area contributed by atoms with Gasteiger partial charge in [0.1, 0.15) is 24.2 Å². The highest BCUT2D eigenvalue weighted by Crippen LogP contribution is 2.27. The number of carbonyl (C=O) groups is 1. The third-order valence-electron chi connectivity index (χ3n) is 4.63. The molecule has 29 heavy (non-hydrogen) atoms. The molecule has 0 radical (unpaired) electrons. The molecule has 156 valence electrons. The number of aliphatic hydroxyl groups excluding tert-OH is 1. The monoisotopic (exact) mass is 411 g/mol. The molecule has 3 atom stereocenters. The molecule has 1 aliphatic heterocycles. The van der Waals surface area contributed by atoms with Crippen LogP contribution in [0.5, 0.6) is 5.75 Å². The molecule has 0 spiro atoms. The smallest absolute Gasteiger partial charge is 0.416 e. The third-order valence-corrected chi connectivity index (χ3v) is 4.63. The molecule has 0 aliphatic carbocycles. The highest BCUT2D eigenvalue weighted by Gasteiger charge is 2.39. The summed E-state index contributed by atoms with van der Waals surface area (Å²) in [5.41, 5.74) is 0.823. The normalized spacial score (nSPS) is 18.7. The number of aliphatic hydroxyl groups is 1. The molecule has 1 fully saturated rings. The summed E-state index contributed by atoms with van der Waals surface area (Å²) in [6.45, 7) is 0.381. The minimum Gasteiger partial charge on any atom is -0.447 e. The average molecular weight is 411 g/mol. The Bertz CT molecular complexity index is 864. The van der Waals surface area contributed by atoms with E-state index < -0.39 is 30.7 Å². The molecule has 1 aromatic heterocycles. The SMILES string of the molecule is C[C@H](Cc1ncc(F)c(N2C(=O)OC[C@@H]2[C@@H](C)O)n1)c1ccc(OC(F)F)cc1. The molecule has 0 bridgehead atoms. The van der Waals surface area contributed by atoms with Gasteiger partial charge in [-0.1, -0.05) is 19.1 Å². The highest BCUT2D eigenvalue weighted by atomic mass is 19.3. The van der Waals surface area contributed by atoms with Crippen LogP contribution in [0.25, 0.3) is 0 Å². The molecule has 0 unspecified atom stereocenters. The van der Waals surface area contributed by atoms with E-state index in [1.165, 1.54) is 19.1 Å². The lowest BCUT2D eigenvalue weighted by Crippen LogP contribution is -2.42. The third kappa shape index (κ3) is 4.76. The first-order valence-electron chi connectivity index (χ1n) is 8.96. The molecule has 1 saturated heterocycles. The summed E-state index contributed by atoms with van der Waals surface area (Å²) in [4.78, 5) is 21.1. The lowest BCUT2D eigenvalue weighted by atomic mass is 9.97. The maximum absolute atomic E-state index is 14.3. The van der Waals surface area contributed by atoms with Gasteiger partial charge in [-0.3, -0.25) is 0 Å². The van der Waals surface area contributed by atoms with Crippen LogP contribution in [0, 0.1) is 5.82 Å². The predicted octanol–water partition coefficient (Wildman–Crippen LogP) is 3.27. The Morgan fingerprint density at radius 3 is 2.62 bits per heavy atom. The van der Waals surface area contributed by atoms with E-state index in [1.54, 1.807) is 12.1 Å². The molecule has 1 aliphatic rings. The first kappa shape index (κ1) is 20.8. The number of anilines is 1. The Hall–Kier alpha value is -2.88. The molecule has 0 saturated carbocycles. The minimum absolute atomic E-state index is 0.0491. The largest absolute Gasteiger partial charge is 0.447 e. The molecule has 2 aromatic rings. The first-order chi connectivity index (χ1) is 13.8. The Morgan fingerprint density at radius 2 is 2.00 bits per heavy atom. The first-order valence-corrected chi connectivity index (χ1v) is 8.96. The molecule has 7 nitrogen and oxygen atoms in total. The Labute approximate surface area is 165 Å². The number of ether oxygens (including phenoxy) is 2. The van der Waals surface area contributed by atoms with Crippen LogP contribution in [-0.4, -0.2) is 46.5 Å². The van der Waals surface area contributed by atoms with Crippen molar-refractivity contribution in [1.29, 1.82) is 0 Å². The molecule has 2 heterocycles. The van der Waals surface area contributed by atoms with Crippen molar-refractivity contribution in [3.8, 4) is 5.75 Å². The molecule has 1 amide bonds. The summed E-state index contributed by atoms with van der Waals surface area (Å²) in [7, 11) is 0. The van der Waals surface area contributed by atoms with Gasteiger partial charge in [0.15, 0.2) is 11.6 Å². The zero-order valence-corrected chi connectivity index (χ0v) is 15.8. The number of hydrogen-bond acceptors (Lipinski definition) is 6. The van der Waals surface area contributed by atoms with E-state index in [9.17, 15) is 23.1 Å². The van der Waals surface area contributed by atoms with Crippen molar-refractivity contribution < 1.29 is 32.5 Å². The molecule has 10 heteroatoms. The number of rotatable bonds is 7. The van der Waals surface area contributed by atoms with E-state index in [-0.39, 0.29) is 29.9 Å². The summed E-state index contributed by atoms with van der Waals surface area (Å²) >= 11 is 0. The van der Waals surface area contributed by atoms with E-state index >= 15 is 0 Å². The fourth-order valence-electron chi connectivity index (χ4n) is 3.06. The van der Waals surface area contributed by atoms with E-state index in [0.717, 1.165) is 16.7 Å². The lowest BCUT2D eigenvalue weighted by Gasteiger charge is -2.23. The predicted molar refractivity (Wildman–Crippen MR) is 96.5 cm³/mol. The fourth-order valence-corrected chi connectivity index (χ4v) is 3.06. The van der Waals surface area contributed by atoms with Gasteiger partial charge in [-0.05, 0) is 30.5 Å². The van der Waals surface area contributed by atoms with Crippen molar-refractivity contribution >= 4 is 11.9 Å². The van der Waals surface area contributed by atoms with Crippen molar-refractivity contribution in [2.75, 3.05) is 11.5 Å². The van der Waals surface area contributed by atoms with Crippen molar-refractivity contribution in [2.24, 2.45) is 0 Å². The molecule has 1 aromatic carbocycles. The Balaban J connectivity index is 1.78. The molecular formula is C19H20F3N3O4. The molecular weight excluding hydrogens is 391 g/mol. The van der Waals surface area contributed by atoms with E-state index in [1.807, 2.05) is 6.92 Å². The van der Waals surface area contributed by atoms with Gasteiger partial charge in [0.05, 0.1) is 12.3 Å². The van der Waals surface area contributed by atoms with E-state index in [0.29, 0.717) is 6.42 Å². The Kier molecular flexibility index (Phi) is 6.21. The second kappa shape index (κ2) is 8.64. The molecule has 1 N–H and O–H groups in total. The van der Waals surface area contributed by atoms with Crippen molar-refractivity contribution in [3.05, 3.63) is 47.7 Å². The average Bonchev–Trinajstić information content (AvgIpc) is 3.05. The molecule has 3 rings (SSSR count). The highest BCUT2D eigenvalue weighted by molar-refractivity contribution is 5.89. The zero-order chi connectivity index (χ0) is 21.1. The number of cyclic esters (lactones) is 1. The summed E-state index contributed by atoms with van der Waals surface area (Å²) < 4.78 is 48.0. The summed E-state index contributed by atoms with van der Waals surface area (Å²) in [5, 5.41) is 9.84. The minimum atomic E-state index is -2.90. The van der Waals surface area contributed by atoms with E-state index in [4.69, 9.17) is 4.74 Å². The van der Waals surface area contributed by atoms with Crippen molar-refractivity contribution in [3.63, 3.8) is 0 Å². The standard InChI is InChI=1S/C19H20F3N3O4/c1-10(12-3-5-13(6-4-12)29-18(21)22)7-16-23-8-14(20)17(24-16)25-15(11(2)26)9-28-19(25)27/h3-6,8,10-11,15,18,26H,7,9H2,1-2H3/t10-,11-,15-/m1/s1. The van der Waals surface area contributed by atoms with Gasteiger partial charge in [0.25, 0.3) is 0 Å². The number of carbonyl (C=O) groups excluding carboxylic acids is 1. The van der Waals surface area contributed by atoms with Crippen LogP contribution in [0.2, 0.25) is 0 Å². The number of hydrogen-bond donors (Lipinski definition) is 1. The van der Waals surface area contributed by atoms with Gasteiger partial charge in [-0.15, -0.1) is 0 Å². The Morgan fingerprint density at radius 1 is 1.31 bits per heavy atom. The summed E-state index contributed by atoms with van der Waals surface area (Å²) in [6, 6.07) is 5.41. The number of benzene rings is 1. The van der Waals surface area contributed by atoms with Gasteiger partial charge in [-0.25, -0.2) is 24.1 Å². The number of alkyl halides is 2. The van der Waals surface area contributed by atoms with Gasteiger partial charge < -0.3 is 14.6 Å². The van der Waals surface area contributed by atoms with Crippen LogP contribution in [0.4, 0.5) is 23.8 Å². The van der Waals surface area contributed by atoms with Crippen LogP contribution in [0.15, 0.2) is 30.5 Å². The van der Waals surface area contributed by atoms with Crippen molar-refractivity contribution in [2.45, 2.75) is 44.9 Å². The maximum Gasteiger partial charge on any atom is 0.416 e. The van der Waals surface area contributed by atoms with Crippen LogP contribution in [-0.2, 0) is 11.2 Å². The van der Waals surface area contributed by atoms with Gasteiger partial charge >= 0.3 is 12.7 Å². The lowest BCUT2D eigenvalue weighted by molar-refractivity contribution is -0.0498. The zero-order valence-electron chi connectivity index (χ0n) is 15.8. The second-order valence-corrected chi connectivity index (χ2v) is 6.77. The van der Waals surface area contributed by atoms with Crippen LogP contribution in [0.1, 0.15) is 31.2 Å². The quantitative estimate of drug-likeness (QED) is 0.753. The number of halogens is 3.